The van der Waals surface area contributed by atoms with E-state index in [9.17, 15) is 0 Å². The molecule has 0 radical (unpaired) electrons. The summed E-state index contributed by atoms with van der Waals surface area (Å²) in [6.45, 7) is 0. The number of aromatic nitrogens is 1. The molecule has 6 rings (SSSR count). The zero-order valence-corrected chi connectivity index (χ0v) is 18.2. The number of hydrogen-bond donors (Lipinski definition) is 0. The molecule has 0 aliphatic carbocycles. The van der Waals surface area contributed by atoms with Crippen molar-refractivity contribution in [3.8, 4) is 5.69 Å². The average molecular weight is 410 g/mol. The average Bonchev–Trinajstić information content (AvgIpc) is 3.28. The van der Waals surface area contributed by atoms with E-state index in [1.54, 1.807) is 0 Å². The monoisotopic (exact) mass is 409 g/mol. The summed E-state index contributed by atoms with van der Waals surface area (Å²) >= 11 is 0. The molecule has 0 saturated heterocycles. The fourth-order valence-electron chi connectivity index (χ4n) is 4.58. The Bertz CT molecular complexity index is 1530. The first-order valence-electron chi connectivity index (χ1n) is 10.1. The summed E-state index contributed by atoms with van der Waals surface area (Å²) < 4.78 is 8.82. The summed E-state index contributed by atoms with van der Waals surface area (Å²) in [5.41, 5.74) is 5.54. The van der Waals surface area contributed by atoms with Crippen molar-refractivity contribution in [1.82, 2.24) is 4.57 Å². The van der Waals surface area contributed by atoms with Crippen molar-refractivity contribution in [2.24, 2.45) is 0 Å². The molecular formula is C27H23NOS. The van der Waals surface area contributed by atoms with E-state index in [4.69, 9.17) is 4.42 Å². The molecule has 0 atom stereocenters. The molecule has 0 saturated carbocycles. The van der Waals surface area contributed by atoms with Crippen LogP contribution in [0.2, 0.25) is 0 Å². The van der Waals surface area contributed by atoms with Gasteiger partial charge in [0.1, 0.15) is 11.2 Å². The molecule has 0 unspecified atom stereocenters. The summed E-state index contributed by atoms with van der Waals surface area (Å²) in [7, 11) is -0.887. The maximum Gasteiger partial charge on any atom is 0.147 e. The second kappa shape index (κ2) is 6.16. The first-order valence-corrected chi connectivity index (χ1v) is 13.0. The largest absolute Gasteiger partial charge is 0.455 e. The Balaban J connectivity index is 1.68. The molecular weight excluding hydrogens is 386 g/mol. The highest BCUT2D eigenvalue weighted by molar-refractivity contribution is 8.32. The smallest absolute Gasteiger partial charge is 0.147 e. The van der Waals surface area contributed by atoms with Crippen LogP contribution in [0.3, 0.4) is 0 Å². The van der Waals surface area contributed by atoms with Gasteiger partial charge in [0.15, 0.2) is 0 Å². The van der Waals surface area contributed by atoms with Crippen LogP contribution in [0.25, 0.3) is 49.4 Å². The molecule has 3 heteroatoms. The lowest BCUT2D eigenvalue weighted by molar-refractivity contribution is 0.660. The Hall–Kier alpha value is -3.17. The molecule has 2 heterocycles. The third-order valence-corrected chi connectivity index (χ3v) is 7.59. The highest BCUT2D eigenvalue weighted by Crippen LogP contribution is 2.50. The van der Waals surface area contributed by atoms with Crippen molar-refractivity contribution < 1.29 is 4.42 Å². The van der Waals surface area contributed by atoms with Gasteiger partial charge in [0.05, 0.1) is 11.0 Å². The predicted molar refractivity (Wildman–Crippen MR) is 132 cm³/mol. The van der Waals surface area contributed by atoms with Gasteiger partial charge in [-0.3, -0.25) is 0 Å². The van der Waals surface area contributed by atoms with Gasteiger partial charge in [-0.15, -0.1) is 0 Å². The van der Waals surface area contributed by atoms with E-state index in [1.807, 2.05) is 0 Å². The molecule has 0 N–H and O–H groups in total. The van der Waals surface area contributed by atoms with Crippen LogP contribution in [0.15, 0.2) is 94.2 Å². The minimum absolute atomic E-state index is 0.887. The van der Waals surface area contributed by atoms with Crippen molar-refractivity contribution in [3.05, 3.63) is 84.9 Å². The molecule has 0 bridgehead atoms. The molecule has 0 spiro atoms. The second-order valence-corrected chi connectivity index (χ2v) is 12.7. The number of hydrogen-bond acceptors (Lipinski definition) is 1. The van der Waals surface area contributed by atoms with Gasteiger partial charge in [0.25, 0.3) is 0 Å². The molecule has 2 aromatic heterocycles. The number of rotatable bonds is 2. The minimum Gasteiger partial charge on any atom is -0.455 e. The minimum atomic E-state index is -0.887. The fraction of sp³-hybridized carbons (Fsp3) is 0.111. The standard InChI is InChI=1S/C27H23NOS/c1-30(2,3)26-14-8-11-22-21-16-15-18(17-25(21)29-27(22)26)28-23-12-6-4-9-19(23)20-10-5-7-13-24(20)28/h4-17H,1-3H3. The van der Waals surface area contributed by atoms with Crippen LogP contribution < -0.4 is 0 Å². The fourth-order valence-corrected chi connectivity index (χ4v) is 5.78. The number of furan rings is 1. The van der Waals surface area contributed by atoms with Crippen LogP contribution in [0.5, 0.6) is 0 Å². The van der Waals surface area contributed by atoms with Gasteiger partial charge < -0.3 is 8.98 Å². The third kappa shape index (κ3) is 2.45. The highest BCUT2D eigenvalue weighted by atomic mass is 32.3. The number of para-hydroxylation sites is 3. The normalized spacial score (nSPS) is 13.0. The summed E-state index contributed by atoms with van der Waals surface area (Å²) in [5, 5.41) is 4.94. The number of nitrogens with zero attached hydrogens (tertiary/aromatic N) is 1. The van der Waals surface area contributed by atoms with Crippen LogP contribution in [-0.2, 0) is 0 Å². The number of benzene rings is 4. The first-order chi connectivity index (χ1) is 14.5. The van der Waals surface area contributed by atoms with Crippen molar-refractivity contribution in [2.45, 2.75) is 4.90 Å². The Kier molecular flexibility index (Phi) is 3.63. The highest BCUT2D eigenvalue weighted by Gasteiger charge is 2.18. The molecule has 6 aromatic rings. The van der Waals surface area contributed by atoms with E-state index < -0.39 is 10.0 Å². The van der Waals surface area contributed by atoms with Crippen LogP contribution in [0.1, 0.15) is 0 Å². The molecule has 0 aliphatic rings. The lowest BCUT2D eigenvalue weighted by Crippen LogP contribution is -1.93. The topological polar surface area (TPSA) is 18.1 Å². The van der Waals surface area contributed by atoms with E-state index in [-0.39, 0.29) is 0 Å². The SMILES string of the molecule is CS(C)(C)c1cccc2c1oc1cc(-n3c4ccccc4c4ccccc43)ccc12. The predicted octanol–water partition coefficient (Wildman–Crippen LogP) is 7.74. The van der Waals surface area contributed by atoms with Gasteiger partial charge in [-0.1, -0.05) is 48.5 Å². The molecule has 4 aromatic carbocycles. The maximum atomic E-state index is 6.48. The van der Waals surface area contributed by atoms with Gasteiger partial charge >= 0.3 is 0 Å². The second-order valence-electron chi connectivity index (χ2n) is 8.62. The summed E-state index contributed by atoms with van der Waals surface area (Å²) in [4.78, 5) is 1.33. The summed E-state index contributed by atoms with van der Waals surface area (Å²) in [5.74, 6) is 0. The van der Waals surface area contributed by atoms with Crippen molar-refractivity contribution in [3.63, 3.8) is 0 Å². The van der Waals surface area contributed by atoms with Gasteiger partial charge in [-0.25, -0.2) is 10.0 Å². The van der Waals surface area contributed by atoms with Gasteiger partial charge in [-0.05, 0) is 49.1 Å². The van der Waals surface area contributed by atoms with E-state index in [1.165, 1.54) is 37.5 Å². The van der Waals surface area contributed by atoms with E-state index in [0.717, 1.165) is 16.9 Å². The summed E-state index contributed by atoms with van der Waals surface area (Å²) in [6, 6.07) is 30.4. The molecule has 0 fully saturated rings. The molecule has 30 heavy (non-hydrogen) atoms. The Morgan fingerprint density at radius 2 is 1.27 bits per heavy atom. The third-order valence-electron chi connectivity index (χ3n) is 5.94. The van der Waals surface area contributed by atoms with Crippen LogP contribution in [0.4, 0.5) is 0 Å². The lowest BCUT2D eigenvalue weighted by atomic mass is 10.1. The lowest BCUT2D eigenvalue weighted by Gasteiger charge is -2.25. The zero-order chi connectivity index (χ0) is 20.5. The van der Waals surface area contributed by atoms with Crippen LogP contribution >= 0.6 is 10.0 Å². The van der Waals surface area contributed by atoms with E-state index in [2.05, 4.69) is 108 Å². The molecule has 0 amide bonds. The molecule has 0 aliphatic heterocycles. The van der Waals surface area contributed by atoms with E-state index >= 15 is 0 Å². The maximum absolute atomic E-state index is 6.48. The van der Waals surface area contributed by atoms with Crippen molar-refractivity contribution in [1.29, 1.82) is 0 Å². The number of fused-ring (bicyclic) bond motifs is 6. The molecule has 148 valence electrons. The van der Waals surface area contributed by atoms with Gasteiger partial charge in [-0.2, -0.15) is 0 Å². The Morgan fingerprint density at radius 1 is 0.633 bits per heavy atom. The van der Waals surface area contributed by atoms with E-state index in [0.29, 0.717) is 0 Å². The zero-order valence-electron chi connectivity index (χ0n) is 17.3. The van der Waals surface area contributed by atoms with Crippen molar-refractivity contribution >= 4 is 53.8 Å². The van der Waals surface area contributed by atoms with Crippen LogP contribution in [0, 0.1) is 0 Å². The van der Waals surface area contributed by atoms with Crippen LogP contribution in [-0.4, -0.2) is 23.3 Å². The van der Waals surface area contributed by atoms with Crippen molar-refractivity contribution in [2.75, 3.05) is 18.8 Å². The Labute approximate surface area is 177 Å². The van der Waals surface area contributed by atoms with Gasteiger partial charge in [0.2, 0.25) is 0 Å². The molecule has 2 nitrogen and oxygen atoms in total. The summed E-state index contributed by atoms with van der Waals surface area (Å²) in [6.07, 6.45) is 6.95. The van der Waals surface area contributed by atoms with Gasteiger partial charge in [0, 0.05) is 38.2 Å². The Morgan fingerprint density at radius 3 is 1.93 bits per heavy atom. The first kappa shape index (κ1) is 17.7. The quantitative estimate of drug-likeness (QED) is 0.286.